The molecule has 0 radical (unpaired) electrons. The second-order valence-corrected chi connectivity index (χ2v) is 2.24. The number of allylic oxidation sites excluding steroid dienone is 1. The van der Waals surface area contributed by atoms with Gasteiger partial charge in [0.25, 0.3) is 0 Å². The monoisotopic (exact) mass is 161 g/mol. The number of hydrogen-bond donors (Lipinski definition) is 0. The van der Waals surface area contributed by atoms with Crippen molar-refractivity contribution in [2.75, 3.05) is 7.11 Å². The van der Waals surface area contributed by atoms with Crippen LogP contribution in [0.15, 0.2) is 30.3 Å². The highest BCUT2D eigenvalue weighted by Crippen LogP contribution is 2.11. The van der Waals surface area contributed by atoms with Crippen molar-refractivity contribution in [1.82, 2.24) is 0 Å². The van der Waals surface area contributed by atoms with Gasteiger partial charge in [-0.05, 0) is 23.8 Å². The summed E-state index contributed by atoms with van der Waals surface area (Å²) in [6.45, 7) is 0. The lowest BCUT2D eigenvalue weighted by molar-refractivity contribution is 0.415. The van der Waals surface area contributed by atoms with Gasteiger partial charge in [0.15, 0.2) is 0 Å². The van der Waals surface area contributed by atoms with Crippen LogP contribution in [0, 0.1) is 11.3 Å². The Labute approximate surface area is 71.7 Å². The van der Waals surface area contributed by atoms with Crippen LogP contribution in [0.2, 0.25) is 0 Å². The number of benzene rings is 1. The number of hydrogen-bond acceptors (Lipinski definition) is 2. The number of nitriles is 1. The normalized spacial score (nSPS) is 9.67. The van der Waals surface area contributed by atoms with Crippen LogP contribution >= 0.6 is 0 Å². The SMILES string of the molecule is COc1ccc(/C=C/[14C]#N)cc1. The molecule has 0 heterocycles. The van der Waals surface area contributed by atoms with Crippen LogP contribution in [0.1, 0.15) is 5.56 Å². The van der Waals surface area contributed by atoms with Gasteiger partial charge >= 0.3 is 0 Å². The second-order valence-electron chi connectivity index (χ2n) is 2.24. The van der Waals surface area contributed by atoms with Crippen molar-refractivity contribution < 1.29 is 4.74 Å². The van der Waals surface area contributed by atoms with Crippen LogP contribution in [0.4, 0.5) is 0 Å². The van der Waals surface area contributed by atoms with E-state index in [4.69, 9.17) is 10.00 Å². The van der Waals surface area contributed by atoms with E-state index in [0.29, 0.717) is 0 Å². The highest BCUT2D eigenvalue weighted by molar-refractivity contribution is 5.52. The molecule has 1 aromatic carbocycles. The molecule has 0 atom stereocenters. The van der Waals surface area contributed by atoms with E-state index in [0.717, 1.165) is 11.3 Å². The summed E-state index contributed by atoms with van der Waals surface area (Å²) in [7, 11) is 1.63. The molecule has 0 saturated heterocycles. The summed E-state index contributed by atoms with van der Waals surface area (Å²) in [5, 5.41) is 8.27. The highest BCUT2D eigenvalue weighted by atomic mass is 16.5. The van der Waals surface area contributed by atoms with Crippen LogP contribution < -0.4 is 4.74 Å². The molecule has 0 aliphatic carbocycles. The largest absolute Gasteiger partial charge is 0.497 e. The molecule has 0 aliphatic heterocycles. The van der Waals surface area contributed by atoms with E-state index in [1.807, 2.05) is 30.3 Å². The number of nitrogens with zero attached hydrogens (tertiary/aromatic N) is 1. The third kappa shape index (κ3) is 2.14. The Morgan fingerprint density at radius 3 is 2.50 bits per heavy atom. The van der Waals surface area contributed by atoms with Crippen molar-refractivity contribution in [3.63, 3.8) is 0 Å². The number of rotatable bonds is 2. The smallest absolute Gasteiger partial charge is 0.118 e. The molecule has 60 valence electrons. The molecule has 0 unspecified atom stereocenters. The van der Waals surface area contributed by atoms with E-state index in [2.05, 4.69) is 0 Å². The molecular weight excluding hydrogens is 152 g/mol. The van der Waals surface area contributed by atoms with Crippen LogP contribution in [-0.4, -0.2) is 7.11 Å². The van der Waals surface area contributed by atoms with Gasteiger partial charge in [-0.25, -0.2) is 0 Å². The molecule has 0 aliphatic rings. The van der Waals surface area contributed by atoms with Crippen molar-refractivity contribution in [3.8, 4) is 11.8 Å². The van der Waals surface area contributed by atoms with E-state index >= 15 is 0 Å². The summed E-state index contributed by atoms with van der Waals surface area (Å²) in [5.41, 5.74) is 0.998. The Hall–Kier alpha value is -1.75. The van der Waals surface area contributed by atoms with Gasteiger partial charge in [0.2, 0.25) is 0 Å². The van der Waals surface area contributed by atoms with Gasteiger partial charge in [-0.15, -0.1) is 0 Å². The molecule has 0 fully saturated rings. The molecule has 0 bridgehead atoms. The van der Waals surface area contributed by atoms with Gasteiger partial charge < -0.3 is 4.74 Å². The molecule has 0 saturated carbocycles. The molecule has 1 rings (SSSR count). The lowest BCUT2D eigenvalue weighted by atomic mass is 10.2. The van der Waals surface area contributed by atoms with E-state index < -0.39 is 0 Å². The zero-order valence-electron chi connectivity index (χ0n) is 6.82. The highest BCUT2D eigenvalue weighted by Gasteiger charge is 1.88. The van der Waals surface area contributed by atoms with Crippen molar-refractivity contribution in [2.24, 2.45) is 0 Å². The first-order chi connectivity index (χ1) is 5.86. The molecular formula is C10H9NO. The molecule has 0 N–H and O–H groups in total. The average Bonchev–Trinajstić information content (AvgIpc) is 2.15. The maximum Gasteiger partial charge on any atom is 0.118 e. The van der Waals surface area contributed by atoms with Crippen LogP contribution in [-0.2, 0) is 0 Å². The van der Waals surface area contributed by atoms with E-state index in [9.17, 15) is 0 Å². The summed E-state index contributed by atoms with van der Waals surface area (Å²) in [4.78, 5) is 0. The lowest BCUT2D eigenvalue weighted by Gasteiger charge is -1.97. The van der Waals surface area contributed by atoms with Crippen LogP contribution in [0.25, 0.3) is 6.08 Å². The summed E-state index contributed by atoms with van der Waals surface area (Å²) in [6, 6.07) is 9.44. The van der Waals surface area contributed by atoms with Crippen LogP contribution in [0.5, 0.6) is 5.75 Å². The fourth-order valence-electron chi connectivity index (χ4n) is 0.849. The van der Waals surface area contributed by atoms with Crippen molar-refractivity contribution in [1.29, 1.82) is 5.26 Å². The second kappa shape index (κ2) is 4.20. The predicted octanol–water partition coefficient (Wildman–Crippen LogP) is 2.23. The molecule has 0 aromatic heterocycles. The summed E-state index contributed by atoms with van der Waals surface area (Å²) in [6.07, 6.45) is 3.20. The Kier molecular flexibility index (Phi) is 2.92. The standard InChI is InChI=1S/C10H9NO/c1-12-10-6-4-9(5-7-10)3-2-8-11/h2-7H,1H3/b3-2+/i8+2. The third-order valence-corrected chi connectivity index (χ3v) is 1.47. The number of methoxy groups -OCH3 is 1. The predicted molar refractivity (Wildman–Crippen MR) is 47.6 cm³/mol. The van der Waals surface area contributed by atoms with Gasteiger partial charge in [-0.1, -0.05) is 12.1 Å². The summed E-state index contributed by atoms with van der Waals surface area (Å²) in [5.74, 6) is 0.823. The maximum absolute atomic E-state index is 8.27. The zero-order valence-corrected chi connectivity index (χ0v) is 6.82. The minimum Gasteiger partial charge on any atom is -0.497 e. The van der Waals surface area contributed by atoms with E-state index in [1.165, 1.54) is 6.08 Å². The van der Waals surface area contributed by atoms with E-state index in [-0.39, 0.29) is 0 Å². The topological polar surface area (TPSA) is 33.0 Å². The zero-order chi connectivity index (χ0) is 8.81. The molecule has 0 spiro atoms. The Morgan fingerprint density at radius 2 is 2.00 bits per heavy atom. The molecule has 0 amide bonds. The van der Waals surface area contributed by atoms with Crippen molar-refractivity contribution in [3.05, 3.63) is 35.9 Å². The molecule has 2 nitrogen and oxygen atoms in total. The number of ether oxygens (including phenoxy) is 1. The van der Waals surface area contributed by atoms with E-state index in [1.54, 1.807) is 13.2 Å². The quantitative estimate of drug-likeness (QED) is 0.623. The Balaban J connectivity index is 2.79. The summed E-state index contributed by atoms with van der Waals surface area (Å²) >= 11 is 0. The van der Waals surface area contributed by atoms with Gasteiger partial charge in [-0.3, -0.25) is 0 Å². The lowest BCUT2D eigenvalue weighted by Crippen LogP contribution is -1.81. The summed E-state index contributed by atoms with van der Waals surface area (Å²) < 4.78 is 4.98. The first-order valence-electron chi connectivity index (χ1n) is 3.57. The fraction of sp³-hybridized carbons (Fsp3) is 0.100. The fourth-order valence-corrected chi connectivity index (χ4v) is 0.849. The van der Waals surface area contributed by atoms with Gasteiger partial charge in [0.1, 0.15) is 5.75 Å². The minimum atomic E-state index is 0.823. The third-order valence-electron chi connectivity index (χ3n) is 1.47. The van der Waals surface area contributed by atoms with Crippen molar-refractivity contribution in [2.45, 2.75) is 0 Å². The van der Waals surface area contributed by atoms with Gasteiger partial charge in [0, 0.05) is 6.08 Å². The average molecular weight is 161 g/mol. The first-order valence-corrected chi connectivity index (χ1v) is 3.57. The maximum atomic E-state index is 8.27. The van der Waals surface area contributed by atoms with Gasteiger partial charge in [-0.2, -0.15) is 5.26 Å². The van der Waals surface area contributed by atoms with Gasteiger partial charge in [0.05, 0.1) is 13.2 Å². The molecule has 1 aromatic rings. The minimum absolute atomic E-state index is 0.823. The molecule has 2 heteroatoms. The van der Waals surface area contributed by atoms with Crippen molar-refractivity contribution >= 4 is 6.08 Å². The van der Waals surface area contributed by atoms with Crippen LogP contribution in [0.3, 0.4) is 0 Å². The Bertz CT molecular complexity index is 306. The first kappa shape index (κ1) is 8.35. The Morgan fingerprint density at radius 1 is 1.33 bits per heavy atom. The molecule has 12 heavy (non-hydrogen) atoms.